The first-order valence-electron chi connectivity index (χ1n) is 6.41. The molecule has 2 N–H and O–H groups in total. The van der Waals surface area contributed by atoms with Gasteiger partial charge in [-0.15, -0.1) is 0 Å². The van der Waals surface area contributed by atoms with E-state index in [9.17, 15) is 14.4 Å². The van der Waals surface area contributed by atoms with Gasteiger partial charge in [0.2, 0.25) is 0 Å². The van der Waals surface area contributed by atoms with Gasteiger partial charge in [0.25, 0.3) is 0 Å². The Bertz CT molecular complexity index is 701. The number of Topliss-reactive ketones (excluding diaryl/α,β-unsaturated/α-hetero) is 2. The number of carbonyl (C=O) groups is 2. The highest BCUT2D eigenvalue weighted by Crippen LogP contribution is 2.25. The molecule has 0 unspecified atom stereocenters. The molecule has 98 valence electrons. The predicted octanol–water partition coefficient (Wildman–Crippen LogP) is 1.80. The summed E-state index contributed by atoms with van der Waals surface area (Å²) < 4.78 is 0. The second-order valence-corrected chi connectivity index (χ2v) is 5.02. The van der Waals surface area contributed by atoms with Crippen molar-refractivity contribution in [2.24, 2.45) is 5.92 Å². The first-order valence-corrected chi connectivity index (χ1v) is 6.41. The number of fused-ring (bicyclic) bond motifs is 1. The second kappa shape index (κ2) is 4.50. The van der Waals surface area contributed by atoms with Crippen molar-refractivity contribution >= 4 is 22.6 Å². The molecule has 0 spiro atoms. The Morgan fingerprint density at radius 2 is 1.74 bits per heavy atom. The van der Waals surface area contributed by atoms with Crippen LogP contribution in [0.25, 0.3) is 11.0 Å². The van der Waals surface area contributed by atoms with E-state index in [-0.39, 0.29) is 23.2 Å². The second-order valence-electron chi connectivity index (χ2n) is 5.02. The maximum Gasteiger partial charge on any atom is 0.323 e. The van der Waals surface area contributed by atoms with Crippen molar-refractivity contribution in [1.29, 1.82) is 0 Å². The van der Waals surface area contributed by atoms with Crippen molar-refractivity contribution in [1.82, 2.24) is 9.97 Å². The van der Waals surface area contributed by atoms with Gasteiger partial charge in [-0.2, -0.15) is 0 Å². The Kier molecular flexibility index (Phi) is 2.81. The van der Waals surface area contributed by atoms with E-state index in [2.05, 4.69) is 9.97 Å². The highest BCUT2D eigenvalue weighted by molar-refractivity contribution is 6.01. The summed E-state index contributed by atoms with van der Waals surface area (Å²) in [6.07, 6.45) is 2.28. The summed E-state index contributed by atoms with van der Waals surface area (Å²) in [5.41, 5.74) is 1.66. The number of aromatic nitrogens is 2. The topological polar surface area (TPSA) is 82.8 Å². The number of carbonyl (C=O) groups excluding carboxylic acids is 2. The third-order valence-electron chi connectivity index (χ3n) is 3.71. The lowest BCUT2D eigenvalue weighted by Gasteiger charge is -2.19. The lowest BCUT2D eigenvalue weighted by Crippen LogP contribution is -2.21. The Morgan fingerprint density at radius 1 is 1.05 bits per heavy atom. The molecule has 5 heteroatoms. The standard InChI is InChI=1S/C14H14N2O3/c17-10-4-1-8(2-5-10)13(18)9-3-6-11-12(7-9)16-14(19)15-11/h3,6-8H,1-2,4-5H2,(H2,15,16,19). The van der Waals surface area contributed by atoms with Gasteiger partial charge in [0.1, 0.15) is 5.78 Å². The molecule has 0 atom stereocenters. The summed E-state index contributed by atoms with van der Waals surface area (Å²) in [6.45, 7) is 0. The van der Waals surface area contributed by atoms with Crippen LogP contribution in [-0.2, 0) is 4.79 Å². The quantitative estimate of drug-likeness (QED) is 0.806. The molecule has 1 aliphatic rings. The highest BCUT2D eigenvalue weighted by Gasteiger charge is 2.25. The molecule has 2 aromatic rings. The zero-order valence-electron chi connectivity index (χ0n) is 10.4. The van der Waals surface area contributed by atoms with E-state index in [1.807, 2.05) is 0 Å². The molecule has 19 heavy (non-hydrogen) atoms. The summed E-state index contributed by atoms with van der Waals surface area (Å²) in [5, 5.41) is 0. The monoisotopic (exact) mass is 258 g/mol. The minimum absolute atomic E-state index is 0.0662. The fourth-order valence-corrected chi connectivity index (χ4v) is 2.62. The fraction of sp³-hybridized carbons (Fsp3) is 0.357. The van der Waals surface area contributed by atoms with Gasteiger partial charge in [0.05, 0.1) is 11.0 Å². The van der Waals surface area contributed by atoms with E-state index >= 15 is 0 Å². The lowest BCUT2D eigenvalue weighted by atomic mass is 9.83. The number of hydrogen-bond donors (Lipinski definition) is 2. The molecule has 5 nitrogen and oxygen atoms in total. The summed E-state index contributed by atoms with van der Waals surface area (Å²) in [4.78, 5) is 40.0. The van der Waals surface area contributed by atoms with Crippen molar-refractivity contribution in [2.45, 2.75) is 25.7 Å². The van der Waals surface area contributed by atoms with Gasteiger partial charge in [-0.3, -0.25) is 9.59 Å². The molecule has 1 heterocycles. The van der Waals surface area contributed by atoms with Gasteiger partial charge in [-0.05, 0) is 31.0 Å². The van der Waals surface area contributed by atoms with Crippen molar-refractivity contribution in [3.05, 3.63) is 34.2 Å². The van der Waals surface area contributed by atoms with Gasteiger partial charge in [-0.25, -0.2) is 4.79 Å². The molecule has 0 saturated heterocycles. The maximum atomic E-state index is 12.3. The molecule has 3 rings (SSSR count). The van der Waals surface area contributed by atoms with E-state index in [0.717, 1.165) is 0 Å². The average Bonchev–Trinajstić information content (AvgIpc) is 2.77. The molecule has 0 amide bonds. The van der Waals surface area contributed by atoms with Crippen LogP contribution in [-0.4, -0.2) is 21.5 Å². The predicted molar refractivity (Wildman–Crippen MR) is 70.2 cm³/mol. The number of aromatic amines is 2. The van der Waals surface area contributed by atoms with Crippen LogP contribution in [0.2, 0.25) is 0 Å². The SMILES string of the molecule is O=C1CCC(C(=O)c2ccc3[nH]c(=O)[nH]c3c2)CC1. The van der Waals surface area contributed by atoms with Crippen LogP contribution in [0.5, 0.6) is 0 Å². The number of ketones is 2. The van der Waals surface area contributed by atoms with Crippen molar-refractivity contribution in [2.75, 3.05) is 0 Å². The van der Waals surface area contributed by atoms with Crippen molar-refractivity contribution in [3.63, 3.8) is 0 Å². The van der Waals surface area contributed by atoms with Crippen LogP contribution in [0.1, 0.15) is 36.0 Å². The van der Waals surface area contributed by atoms with Gasteiger partial charge in [0, 0.05) is 24.3 Å². The summed E-state index contributed by atoms with van der Waals surface area (Å²) in [6, 6.07) is 5.16. The highest BCUT2D eigenvalue weighted by atomic mass is 16.1. The van der Waals surface area contributed by atoms with Crippen molar-refractivity contribution < 1.29 is 9.59 Å². The number of imidazole rings is 1. The molecule has 1 aliphatic carbocycles. The van der Waals surface area contributed by atoms with Crippen LogP contribution in [0.3, 0.4) is 0 Å². The zero-order chi connectivity index (χ0) is 13.4. The fourth-order valence-electron chi connectivity index (χ4n) is 2.62. The molecule has 1 fully saturated rings. The molecular formula is C14H14N2O3. The van der Waals surface area contributed by atoms with Crippen LogP contribution in [0, 0.1) is 5.92 Å². The normalized spacial score (nSPS) is 16.9. The number of hydrogen-bond acceptors (Lipinski definition) is 3. The Balaban J connectivity index is 1.88. The Morgan fingerprint density at radius 3 is 2.47 bits per heavy atom. The first kappa shape index (κ1) is 11.9. The van der Waals surface area contributed by atoms with Gasteiger partial charge in [-0.1, -0.05) is 0 Å². The number of H-pyrrole nitrogens is 2. The molecule has 1 aromatic heterocycles. The van der Waals surface area contributed by atoms with Crippen LogP contribution >= 0.6 is 0 Å². The molecule has 1 aromatic carbocycles. The lowest BCUT2D eigenvalue weighted by molar-refractivity contribution is -0.120. The van der Waals surface area contributed by atoms with E-state index in [4.69, 9.17) is 0 Å². The first-order chi connectivity index (χ1) is 9.13. The van der Waals surface area contributed by atoms with Crippen molar-refractivity contribution in [3.8, 4) is 0 Å². The summed E-state index contributed by atoms with van der Waals surface area (Å²) >= 11 is 0. The summed E-state index contributed by atoms with van der Waals surface area (Å²) in [7, 11) is 0. The van der Waals surface area contributed by atoms with E-state index in [1.54, 1.807) is 18.2 Å². The smallest absolute Gasteiger partial charge is 0.306 e. The van der Waals surface area contributed by atoms with E-state index in [1.165, 1.54) is 0 Å². The van der Waals surface area contributed by atoms with Crippen LogP contribution < -0.4 is 5.69 Å². The molecule has 1 saturated carbocycles. The third kappa shape index (κ3) is 2.23. The number of rotatable bonds is 2. The average molecular weight is 258 g/mol. The largest absolute Gasteiger partial charge is 0.323 e. The van der Waals surface area contributed by atoms with E-state index in [0.29, 0.717) is 42.3 Å². The molecule has 0 bridgehead atoms. The van der Waals surface area contributed by atoms with Crippen LogP contribution in [0.15, 0.2) is 23.0 Å². The molecule has 0 aliphatic heterocycles. The van der Waals surface area contributed by atoms with Crippen LogP contribution in [0.4, 0.5) is 0 Å². The number of nitrogens with one attached hydrogen (secondary N) is 2. The molecular weight excluding hydrogens is 244 g/mol. The Hall–Kier alpha value is -2.17. The number of benzene rings is 1. The zero-order valence-corrected chi connectivity index (χ0v) is 10.4. The Labute approximate surface area is 109 Å². The molecule has 0 radical (unpaired) electrons. The third-order valence-corrected chi connectivity index (χ3v) is 3.71. The maximum absolute atomic E-state index is 12.3. The van der Waals surface area contributed by atoms with Gasteiger partial charge >= 0.3 is 5.69 Å². The van der Waals surface area contributed by atoms with E-state index < -0.39 is 0 Å². The minimum Gasteiger partial charge on any atom is -0.306 e. The summed E-state index contributed by atoms with van der Waals surface area (Å²) in [5.74, 6) is 0.242. The van der Waals surface area contributed by atoms with Gasteiger partial charge < -0.3 is 9.97 Å². The minimum atomic E-state index is -0.275. The van der Waals surface area contributed by atoms with Gasteiger partial charge in [0.15, 0.2) is 5.78 Å².